The summed E-state index contributed by atoms with van der Waals surface area (Å²) in [6, 6.07) is 7.92. The molecule has 6 nitrogen and oxygen atoms in total. The monoisotopic (exact) mass is 359 g/mol. The van der Waals surface area contributed by atoms with Crippen LogP contribution in [-0.2, 0) is 23.1 Å². The van der Waals surface area contributed by atoms with E-state index in [1.165, 1.54) is 12.1 Å². The summed E-state index contributed by atoms with van der Waals surface area (Å²) in [6.07, 6.45) is 4.21. The van der Waals surface area contributed by atoms with Crippen LogP contribution in [-0.4, -0.2) is 59.0 Å². The summed E-state index contributed by atoms with van der Waals surface area (Å²) in [6.45, 7) is 1.70. The number of benzene rings is 1. The summed E-state index contributed by atoms with van der Waals surface area (Å²) in [5.41, 5.74) is 0.981. The van der Waals surface area contributed by atoms with Gasteiger partial charge >= 0.3 is 0 Å². The van der Waals surface area contributed by atoms with E-state index in [1.54, 1.807) is 21.9 Å². The van der Waals surface area contributed by atoms with Crippen LogP contribution in [0.1, 0.15) is 5.56 Å². The van der Waals surface area contributed by atoms with Crippen molar-refractivity contribution in [2.75, 3.05) is 32.8 Å². The molecule has 138 valence electrons. The molecule has 7 heteroatoms. The highest BCUT2D eigenvalue weighted by molar-refractivity contribution is 5.80. The molecule has 2 heterocycles. The molecule has 1 aromatic heterocycles. The standard InChI is InChI=1S/C19H22FN3O3/c1-21-7-6-15(13-21)12-18(24)22-8-10-23(11-9-22)19(25)14-26-17-5-3-2-4-16(17)20/h2-7,13H,8-12,14H2,1H3. The van der Waals surface area contributed by atoms with Crippen LogP contribution in [0.4, 0.5) is 4.39 Å². The minimum atomic E-state index is -0.489. The van der Waals surface area contributed by atoms with Gasteiger partial charge in [-0.15, -0.1) is 0 Å². The number of amides is 2. The number of aryl methyl sites for hydroxylation is 1. The first-order valence-corrected chi connectivity index (χ1v) is 8.56. The smallest absolute Gasteiger partial charge is 0.260 e. The molecule has 0 bridgehead atoms. The van der Waals surface area contributed by atoms with Gasteiger partial charge in [0.25, 0.3) is 5.91 Å². The lowest BCUT2D eigenvalue weighted by molar-refractivity contribution is -0.140. The first-order valence-electron chi connectivity index (χ1n) is 8.56. The Kier molecular flexibility index (Phi) is 5.55. The second kappa shape index (κ2) is 8.03. The highest BCUT2D eigenvalue weighted by atomic mass is 19.1. The summed E-state index contributed by atoms with van der Waals surface area (Å²) in [5.74, 6) is -0.566. The molecule has 0 radical (unpaired) electrons. The van der Waals surface area contributed by atoms with E-state index in [0.717, 1.165) is 5.56 Å². The predicted molar refractivity (Wildman–Crippen MR) is 94.2 cm³/mol. The van der Waals surface area contributed by atoms with Crippen molar-refractivity contribution >= 4 is 11.8 Å². The molecule has 1 aromatic carbocycles. The first-order chi connectivity index (χ1) is 12.5. The summed E-state index contributed by atoms with van der Waals surface area (Å²) in [5, 5.41) is 0. The molecule has 3 rings (SSSR count). The molecule has 0 saturated carbocycles. The van der Waals surface area contributed by atoms with Crippen LogP contribution in [0.2, 0.25) is 0 Å². The third-order valence-electron chi connectivity index (χ3n) is 4.42. The lowest BCUT2D eigenvalue weighted by atomic mass is 10.2. The van der Waals surface area contributed by atoms with Gasteiger partial charge in [0.2, 0.25) is 5.91 Å². The molecule has 1 aliphatic rings. The van der Waals surface area contributed by atoms with E-state index < -0.39 is 5.82 Å². The fraction of sp³-hybridized carbons (Fsp3) is 0.368. The molecule has 0 aliphatic carbocycles. The average Bonchev–Trinajstić information content (AvgIpc) is 3.05. The number of rotatable bonds is 5. The maximum Gasteiger partial charge on any atom is 0.260 e. The minimum Gasteiger partial charge on any atom is -0.481 e. The summed E-state index contributed by atoms with van der Waals surface area (Å²) >= 11 is 0. The number of para-hydroxylation sites is 1. The highest BCUT2D eigenvalue weighted by Gasteiger charge is 2.24. The zero-order valence-electron chi connectivity index (χ0n) is 14.7. The van der Waals surface area contributed by atoms with Gasteiger partial charge in [-0.1, -0.05) is 12.1 Å². The van der Waals surface area contributed by atoms with E-state index in [4.69, 9.17) is 4.74 Å². The van der Waals surface area contributed by atoms with Gasteiger partial charge in [0, 0.05) is 45.6 Å². The van der Waals surface area contributed by atoms with Gasteiger partial charge in [-0.3, -0.25) is 9.59 Å². The number of hydrogen-bond donors (Lipinski definition) is 0. The Morgan fingerprint density at radius 2 is 1.69 bits per heavy atom. The lowest BCUT2D eigenvalue weighted by Gasteiger charge is -2.34. The average molecular weight is 359 g/mol. The normalized spacial score (nSPS) is 14.4. The first kappa shape index (κ1) is 18.0. The fourth-order valence-electron chi connectivity index (χ4n) is 2.95. The van der Waals surface area contributed by atoms with Crippen molar-refractivity contribution < 1.29 is 18.7 Å². The highest BCUT2D eigenvalue weighted by Crippen LogP contribution is 2.15. The summed E-state index contributed by atoms with van der Waals surface area (Å²) < 4.78 is 20.7. The molecule has 1 fully saturated rings. The van der Waals surface area contributed by atoms with Crippen LogP contribution in [0, 0.1) is 5.82 Å². The summed E-state index contributed by atoms with van der Waals surface area (Å²) in [7, 11) is 1.92. The molecular weight excluding hydrogens is 337 g/mol. The quantitative estimate of drug-likeness (QED) is 0.812. The van der Waals surface area contributed by atoms with Gasteiger partial charge in [-0.05, 0) is 23.8 Å². The molecule has 0 spiro atoms. The predicted octanol–water partition coefficient (Wildman–Crippen LogP) is 1.46. The maximum atomic E-state index is 13.5. The van der Waals surface area contributed by atoms with E-state index in [0.29, 0.717) is 32.6 Å². The zero-order valence-corrected chi connectivity index (χ0v) is 14.7. The van der Waals surface area contributed by atoms with Crippen LogP contribution in [0.25, 0.3) is 0 Å². The van der Waals surface area contributed by atoms with E-state index in [2.05, 4.69) is 0 Å². The molecule has 1 saturated heterocycles. The maximum absolute atomic E-state index is 13.5. The Morgan fingerprint density at radius 1 is 1.04 bits per heavy atom. The van der Waals surface area contributed by atoms with Crippen LogP contribution in [0.15, 0.2) is 42.7 Å². The Labute approximate surface area is 151 Å². The Morgan fingerprint density at radius 3 is 2.31 bits per heavy atom. The Balaban J connectivity index is 1.44. The van der Waals surface area contributed by atoms with E-state index in [9.17, 15) is 14.0 Å². The Bertz CT molecular complexity index is 782. The largest absolute Gasteiger partial charge is 0.481 e. The van der Waals surface area contributed by atoms with Crippen molar-refractivity contribution in [3.63, 3.8) is 0 Å². The molecule has 0 atom stereocenters. The van der Waals surface area contributed by atoms with Crippen molar-refractivity contribution in [1.82, 2.24) is 14.4 Å². The van der Waals surface area contributed by atoms with Crippen molar-refractivity contribution in [3.8, 4) is 5.75 Å². The summed E-state index contributed by atoms with van der Waals surface area (Å²) in [4.78, 5) is 28.0. The van der Waals surface area contributed by atoms with E-state index >= 15 is 0 Å². The molecule has 26 heavy (non-hydrogen) atoms. The number of halogens is 1. The van der Waals surface area contributed by atoms with Crippen molar-refractivity contribution in [2.24, 2.45) is 7.05 Å². The van der Waals surface area contributed by atoms with Crippen LogP contribution in [0.5, 0.6) is 5.75 Å². The van der Waals surface area contributed by atoms with Crippen LogP contribution >= 0.6 is 0 Å². The van der Waals surface area contributed by atoms with Crippen molar-refractivity contribution in [1.29, 1.82) is 0 Å². The molecule has 0 unspecified atom stereocenters. The van der Waals surface area contributed by atoms with Crippen LogP contribution < -0.4 is 4.74 Å². The third kappa shape index (κ3) is 4.41. The van der Waals surface area contributed by atoms with Gasteiger partial charge < -0.3 is 19.1 Å². The van der Waals surface area contributed by atoms with Crippen molar-refractivity contribution in [2.45, 2.75) is 6.42 Å². The minimum absolute atomic E-state index is 0.0610. The molecule has 2 amide bonds. The van der Waals surface area contributed by atoms with E-state index in [1.807, 2.05) is 30.1 Å². The zero-order chi connectivity index (χ0) is 18.5. The second-order valence-corrected chi connectivity index (χ2v) is 6.34. The van der Waals surface area contributed by atoms with Crippen LogP contribution in [0.3, 0.4) is 0 Å². The number of hydrogen-bond acceptors (Lipinski definition) is 3. The fourth-order valence-corrected chi connectivity index (χ4v) is 2.95. The molecule has 2 aromatic rings. The number of carbonyl (C=O) groups excluding carboxylic acids is 2. The number of nitrogens with zero attached hydrogens (tertiary/aromatic N) is 3. The van der Waals surface area contributed by atoms with Gasteiger partial charge in [0.15, 0.2) is 18.2 Å². The second-order valence-electron chi connectivity index (χ2n) is 6.34. The number of aromatic nitrogens is 1. The van der Waals surface area contributed by atoms with Gasteiger partial charge in [-0.2, -0.15) is 0 Å². The number of ether oxygens (including phenoxy) is 1. The number of piperazine rings is 1. The SMILES string of the molecule is Cn1ccc(CC(=O)N2CCN(C(=O)COc3ccccc3F)CC2)c1. The third-order valence-corrected chi connectivity index (χ3v) is 4.42. The topological polar surface area (TPSA) is 54.8 Å². The van der Waals surface area contributed by atoms with Gasteiger partial charge in [-0.25, -0.2) is 4.39 Å². The molecule has 1 aliphatic heterocycles. The Hall–Kier alpha value is -2.83. The molecule has 0 N–H and O–H groups in total. The van der Waals surface area contributed by atoms with E-state index in [-0.39, 0.29) is 24.2 Å². The molecular formula is C19H22FN3O3. The lowest BCUT2D eigenvalue weighted by Crippen LogP contribution is -2.52. The number of carbonyl (C=O) groups is 2. The van der Waals surface area contributed by atoms with Gasteiger partial charge in [0.05, 0.1) is 6.42 Å². The van der Waals surface area contributed by atoms with Crippen molar-refractivity contribution in [3.05, 3.63) is 54.1 Å². The van der Waals surface area contributed by atoms with Gasteiger partial charge in [0.1, 0.15) is 0 Å².